The highest BCUT2D eigenvalue weighted by atomic mass is 16.7. The number of hydrogen-bond acceptors (Lipinski definition) is 8. The highest BCUT2D eigenvalue weighted by Crippen LogP contribution is 2.47. The third-order valence-corrected chi connectivity index (χ3v) is 7.06. The highest BCUT2D eigenvalue weighted by Gasteiger charge is 2.35. The van der Waals surface area contributed by atoms with Crippen LogP contribution in [0.3, 0.4) is 0 Å². The van der Waals surface area contributed by atoms with Gasteiger partial charge in [-0.1, -0.05) is 0 Å². The molecular formula is C26H29N5O6. The van der Waals surface area contributed by atoms with Crippen LogP contribution in [0, 0.1) is 5.92 Å². The van der Waals surface area contributed by atoms with Crippen LogP contribution in [0.15, 0.2) is 24.7 Å². The van der Waals surface area contributed by atoms with Gasteiger partial charge in [0, 0.05) is 38.4 Å². The second-order valence-electron chi connectivity index (χ2n) is 9.51. The number of aromatic nitrogens is 3. The molecule has 0 atom stereocenters. The van der Waals surface area contributed by atoms with Gasteiger partial charge in [0.1, 0.15) is 29.9 Å². The van der Waals surface area contributed by atoms with Gasteiger partial charge in [-0.2, -0.15) is 0 Å². The summed E-state index contributed by atoms with van der Waals surface area (Å²) in [4.78, 5) is 39.6. The van der Waals surface area contributed by atoms with Gasteiger partial charge in [-0.05, 0) is 37.8 Å². The first-order chi connectivity index (χ1) is 18.1. The Morgan fingerprint density at radius 1 is 1.14 bits per heavy atom. The van der Waals surface area contributed by atoms with E-state index in [1.54, 1.807) is 19.4 Å². The number of piperidine rings is 1. The van der Waals surface area contributed by atoms with Gasteiger partial charge in [-0.15, -0.1) is 0 Å². The molecule has 0 radical (unpaired) electrons. The molecule has 0 spiro atoms. The van der Waals surface area contributed by atoms with Crippen molar-refractivity contribution in [2.24, 2.45) is 5.92 Å². The van der Waals surface area contributed by atoms with Crippen LogP contribution in [0.2, 0.25) is 0 Å². The van der Waals surface area contributed by atoms with Crippen molar-refractivity contribution in [2.45, 2.75) is 31.7 Å². The summed E-state index contributed by atoms with van der Waals surface area (Å²) in [6.07, 6.45) is 6.57. The van der Waals surface area contributed by atoms with Gasteiger partial charge < -0.3 is 34.1 Å². The standard InChI is InChI=1S/C26H29N5O6/c1-34-10-11-35-18-4-5-19-24(37-14-36-19)20(18)22-23-21(28-13-29-22)17(12-27-23)25(32)30-16-6-8-31(9-7-16)26(33)15-2-3-15/h4-5,12-13,15-16,27H,2-3,6-11,14H2,1H3,(H,30,32). The quantitative estimate of drug-likeness (QED) is 0.445. The number of carbonyl (C=O) groups is 2. The van der Waals surface area contributed by atoms with Crippen molar-refractivity contribution in [1.29, 1.82) is 0 Å². The average Bonchev–Trinajstić information content (AvgIpc) is 3.49. The molecule has 2 aliphatic heterocycles. The topological polar surface area (TPSA) is 128 Å². The van der Waals surface area contributed by atoms with Crippen LogP contribution in [0.5, 0.6) is 17.2 Å². The molecule has 2 fully saturated rings. The van der Waals surface area contributed by atoms with E-state index in [0.717, 1.165) is 25.7 Å². The summed E-state index contributed by atoms with van der Waals surface area (Å²) in [6.45, 7) is 2.22. The van der Waals surface area contributed by atoms with Crippen molar-refractivity contribution < 1.29 is 28.5 Å². The number of aromatic amines is 1. The number of H-pyrrole nitrogens is 1. The second-order valence-corrected chi connectivity index (χ2v) is 9.51. The molecule has 2 N–H and O–H groups in total. The molecule has 6 rings (SSSR count). The normalized spacial score (nSPS) is 17.3. The number of rotatable bonds is 8. The van der Waals surface area contributed by atoms with Crippen molar-refractivity contribution in [1.82, 2.24) is 25.2 Å². The van der Waals surface area contributed by atoms with Crippen LogP contribution in [-0.4, -0.2) is 77.9 Å². The summed E-state index contributed by atoms with van der Waals surface area (Å²) in [5.74, 6) is 1.96. The molecule has 3 aliphatic rings. The van der Waals surface area contributed by atoms with Crippen molar-refractivity contribution >= 4 is 22.8 Å². The van der Waals surface area contributed by atoms with Crippen molar-refractivity contribution in [3.63, 3.8) is 0 Å². The lowest BCUT2D eigenvalue weighted by atomic mass is 10.0. The predicted molar refractivity (Wildman–Crippen MR) is 133 cm³/mol. The first-order valence-corrected chi connectivity index (χ1v) is 12.6. The van der Waals surface area contributed by atoms with Gasteiger partial charge in [0.2, 0.25) is 12.7 Å². The maximum absolute atomic E-state index is 13.2. The minimum Gasteiger partial charge on any atom is -0.490 e. The maximum Gasteiger partial charge on any atom is 0.255 e. The number of amides is 2. The largest absolute Gasteiger partial charge is 0.490 e. The Labute approximate surface area is 213 Å². The summed E-state index contributed by atoms with van der Waals surface area (Å²) >= 11 is 0. The lowest BCUT2D eigenvalue weighted by Crippen LogP contribution is -2.47. The smallest absolute Gasteiger partial charge is 0.255 e. The van der Waals surface area contributed by atoms with Gasteiger partial charge in [0.05, 0.1) is 23.3 Å². The monoisotopic (exact) mass is 507 g/mol. The van der Waals surface area contributed by atoms with E-state index in [4.69, 9.17) is 18.9 Å². The van der Waals surface area contributed by atoms with Gasteiger partial charge in [-0.25, -0.2) is 9.97 Å². The van der Waals surface area contributed by atoms with Gasteiger partial charge in [0.25, 0.3) is 5.91 Å². The molecule has 1 aromatic carbocycles. The zero-order valence-corrected chi connectivity index (χ0v) is 20.6. The fourth-order valence-corrected chi connectivity index (χ4v) is 4.93. The van der Waals surface area contributed by atoms with Crippen LogP contribution < -0.4 is 19.5 Å². The van der Waals surface area contributed by atoms with Crippen LogP contribution in [-0.2, 0) is 9.53 Å². The minimum absolute atomic E-state index is 0.00531. The molecule has 0 bridgehead atoms. The number of methoxy groups -OCH3 is 1. The Bertz CT molecular complexity index is 1330. The Balaban J connectivity index is 1.24. The molecule has 37 heavy (non-hydrogen) atoms. The molecule has 11 heteroatoms. The number of nitrogens with zero attached hydrogens (tertiary/aromatic N) is 3. The van der Waals surface area contributed by atoms with Gasteiger partial charge in [0.15, 0.2) is 11.5 Å². The third kappa shape index (κ3) is 4.55. The highest BCUT2D eigenvalue weighted by molar-refractivity contribution is 6.08. The van der Waals surface area contributed by atoms with Crippen molar-refractivity contribution in [3.8, 4) is 28.5 Å². The minimum atomic E-state index is -0.211. The van der Waals surface area contributed by atoms with Crippen LogP contribution in [0.4, 0.5) is 0 Å². The van der Waals surface area contributed by atoms with Crippen LogP contribution in [0.25, 0.3) is 22.3 Å². The second kappa shape index (κ2) is 9.89. The molecular weight excluding hydrogens is 478 g/mol. The lowest BCUT2D eigenvalue weighted by molar-refractivity contribution is -0.133. The van der Waals surface area contributed by atoms with Crippen molar-refractivity contribution in [3.05, 3.63) is 30.2 Å². The fourth-order valence-electron chi connectivity index (χ4n) is 4.93. The summed E-state index contributed by atoms with van der Waals surface area (Å²) in [6, 6.07) is 3.61. The molecule has 1 saturated heterocycles. The Hall–Kier alpha value is -3.86. The summed E-state index contributed by atoms with van der Waals surface area (Å²) in [5, 5.41) is 3.12. The fraction of sp³-hybridized carbons (Fsp3) is 0.462. The molecule has 4 heterocycles. The summed E-state index contributed by atoms with van der Waals surface area (Å²) < 4.78 is 22.4. The Morgan fingerprint density at radius 3 is 2.76 bits per heavy atom. The number of nitrogens with one attached hydrogen (secondary N) is 2. The number of fused-ring (bicyclic) bond motifs is 2. The van der Waals surface area contributed by atoms with E-state index in [2.05, 4.69) is 20.3 Å². The van der Waals surface area contributed by atoms with E-state index in [0.29, 0.717) is 71.4 Å². The molecule has 3 aromatic rings. The average molecular weight is 508 g/mol. The molecule has 2 amide bonds. The molecule has 0 unspecified atom stereocenters. The lowest BCUT2D eigenvalue weighted by Gasteiger charge is -2.32. The Morgan fingerprint density at radius 2 is 1.97 bits per heavy atom. The van der Waals surface area contributed by atoms with E-state index in [9.17, 15) is 9.59 Å². The number of hydrogen-bond donors (Lipinski definition) is 2. The van der Waals surface area contributed by atoms with Gasteiger partial charge in [-0.3, -0.25) is 9.59 Å². The first kappa shape index (κ1) is 23.5. The number of carbonyl (C=O) groups excluding carboxylic acids is 2. The molecule has 1 aliphatic carbocycles. The van der Waals surface area contributed by atoms with E-state index >= 15 is 0 Å². The van der Waals surface area contributed by atoms with E-state index in [1.807, 2.05) is 11.0 Å². The van der Waals surface area contributed by atoms with Crippen molar-refractivity contribution in [2.75, 3.05) is 40.2 Å². The van der Waals surface area contributed by atoms with Gasteiger partial charge >= 0.3 is 0 Å². The van der Waals surface area contributed by atoms with Crippen LogP contribution in [0.1, 0.15) is 36.0 Å². The maximum atomic E-state index is 13.2. The molecule has 194 valence electrons. The van der Waals surface area contributed by atoms with E-state index in [1.165, 1.54) is 6.33 Å². The predicted octanol–water partition coefficient (Wildman–Crippen LogP) is 2.51. The first-order valence-electron chi connectivity index (χ1n) is 12.6. The number of likely N-dealkylation sites (tertiary alicyclic amines) is 1. The zero-order valence-electron chi connectivity index (χ0n) is 20.6. The number of ether oxygens (including phenoxy) is 4. The molecule has 11 nitrogen and oxygen atoms in total. The summed E-state index contributed by atoms with van der Waals surface area (Å²) in [7, 11) is 1.61. The van der Waals surface area contributed by atoms with E-state index < -0.39 is 0 Å². The number of benzene rings is 1. The summed E-state index contributed by atoms with van der Waals surface area (Å²) in [5.41, 5.74) is 2.70. The third-order valence-electron chi connectivity index (χ3n) is 7.06. The Kier molecular flexibility index (Phi) is 6.29. The molecule has 2 aromatic heterocycles. The van der Waals surface area contributed by atoms with E-state index in [-0.39, 0.29) is 30.6 Å². The molecule has 1 saturated carbocycles. The van der Waals surface area contributed by atoms with Crippen LogP contribution >= 0.6 is 0 Å². The zero-order chi connectivity index (χ0) is 25.4. The SMILES string of the molecule is COCCOc1ccc2c(c1-c1ncnc3c(C(=O)NC4CCN(C(=O)C5CC5)CC4)c[nH]c13)OCO2.